The molecule has 2 unspecified atom stereocenters. The number of benzene rings is 1. The minimum Gasteiger partial charge on any atom is -0.314 e. The van der Waals surface area contributed by atoms with Crippen molar-refractivity contribution in [2.45, 2.75) is 65.8 Å². The van der Waals surface area contributed by atoms with Gasteiger partial charge in [0.25, 0.3) is 0 Å². The average Bonchev–Trinajstić information content (AvgIpc) is 2.73. The predicted octanol–water partition coefficient (Wildman–Crippen LogP) is 4.40. The maximum absolute atomic E-state index is 3.70. The highest BCUT2D eigenvalue weighted by molar-refractivity contribution is 5.31. The van der Waals surface area contributed by atoms with Gasteiger partial charge in [0, 0.05) is 6.04 Å². The minimum atomic E-state index is 0.490. The van der Waals surface area contributed by atoms with E-state index in [-0.39, 0.29) is 0 Å². The van der Waals surface area contributed by atoms with Crippen LogP contribution in [0.2, 0.25) is 0 Å². The molecule has 0 radical (unpaired) electrons. The highest BCUT2D eigenvalue weighted by Gasteiger charge is 2.34. The van der Waals surface area contributed by atoms with Gasteiger partial charge < -0.3 is 5.32 Å². The van der Waals surface area contributed by atoms with Gasteiger partial charge in [-0.2, -0.15) is 0 Å². The van der Waals surface area contributed by atoms with Crippen LogP contribution >= 0.6 is 0 Å². The van der Waals surface area contributed by atoms with E-state index in [1.165, 1.54) is 49.8 Å². The topological polar surface area (TPSA) is 12.0 Å². The lowest BCUT2D eigenvalue weighted by Crippen LogP contribution is -2.29. The van der Waals surface area contributed by atoms with Crippen molar-refractivity contribution in [3.8, 4) is 0 Å². The third kappa shape index (κ3) is 3.82. The summed E-state index contributed by atoms with van der Waals surface area (Å²) in [6.07, 6.45) is 6.53. The molecule has 0 saturated heterocycles. The van der Waals surface area contributed by atoms with E-state index < -0.39 is 0 Å². The Morgan fingerprint density at radius 1 is 1.32 bits per heavy atom. The molecule has 1 aliphatic rings. The fraction of sp³-hybridized carbons (Fsp3) is 0.667. The summed E-state index contributed by atoms with van der Waals surface area (Å²) in [7, 11) is 0. The summed E-state index contributed by atoms with van der Waals surface area (Å²) in [5.74, 6) is 0. The fourth-order valence-electron chi connectivity index (χ4n) is 3.46. The van der Waals surface area contributed by atoms with Crippen LogP contribution in [0.1, 0.15) is 56.2 Å². The Kier molecular flexibility index (Phi) is 4.67. The Morgan fingerprint density at radius 3 is 2.84 bits per heavy atom. The average molecular weight is 259 g/mol. The fourth-order valence-corrected chi connectivity index (χ4v) is 3.46. The first-order chi connectivity index (χ1) is 9.02. The molecule has 1 N–H and O–H groups in total. The van der Waals surface area contributed by atoms with Crippen molar-refractivity contribution in [2.24, 2.45) is 5.41 Å². The summed E-state index contributed by atoms with van der Waals surface area (Å²) < 4.78 is 0. The molecular formula is C18H29N. The summed E-state index contributed by atoms with van der Waals surface area (Å²) in [4.78, 5) is 0. The zero-order chi connectivity index (χ0) is 13.9. The van der Waals surface area contributed by atoms with E-state index in [0.717, 1.165) is 6.04 Å². The van der Waals surface area contributed by atoms with Crippen LogP contribution in [0, 0.1) is 19.3 Å². The van der Waals surface area contributed by atoms with E-state index in [1.54, 1.807) is 5.56 Å². The van der Waals surface area contributed by atoms with Crippen molar-refractivity contribution >= 4 is 0 Å². The van der Waals surface area contributed by atoms with E-state index in [9.17, 15) is 0 Å². The van der Waals surface area contributed by atoms with E-state index in [1.807, 2.05) is 0 Å². The van der Waals surface area contributed by atoms with Crippen LogP contribution in [-0.2, 0) is 6.42 Å². The second kappa shape index (κ2) is 6.09. The van der Waals surface area contributed by atoms with Gasteiger partial charge in [-0.3, -0.25) is 0 Å². The number of aryl methyl sites for hydroxylation is 2. The molecule has 0 amide bonds. The SMILES string of the molecule is CCCNC1CCC(C)(Cc2cc(C)ccc2C)C1. The van der Waals surface area contributed by atoms with Crippen molar-refractivity contribution in [2.75, 3.05) is 6.54 Å². The zero-order valence-electron chi connectivity index (χ0n) is 13.1. The molecular weight excluding hydrogens is 230 g/mol. The molecule has 0 spiro atoms. The van der Waals surface area contributed by atoms with Crippen LogP contribution in [-0.4, -0.2) is 12.6 Å². The molecule has 1 aliphatic carbocycles. The molecule has 1 aromatic carbocycles. The first-order valence-corrected chi connectivity index (χ1v) is 7.82. The van der Waals surface area contributed by atoms with Crippen molar-refractivity contribution in [3.05, 3.63) is 34.9 Å². The molecule has 0 bridgehead atoms. The molecule has 19 heavy (non-hydrogen) atoms. The van der Waals surface area contributed by atoms with Gasteiger partial charge in [0.15, 0.2) is 0 Å². The van der Waals surface area contributed by atoms with Gasteiger partial charge in [-0.15, -0.1) is 0 Å². The summed E-state index contributed by atoms with van der Waals surface area (Å²) >= 11 is 0. The van der Waals surface area contributed by atoms with Gasteiger partial charge in [-0.1, -0.05) is 37.6 Å². The Morgan fingerprint density at radius 2 is 2.11 bits per heavy atom. The molecule has 0 aromatic heterocycles. The minimum absolute atomic E-state index is 0.490. The maximum atomic E-state index is 3.70. The van der Waals surface area contributed by atoms with Crippen LogP contribution < -0.4 is 5.32 Å². The van der Waals surface area contributed by atoms with Gasteiger partial charge in [0.1, 0.15) is 0 Å². The number of nitrogens with one attached hydrogen (secondary N) is 1. The highest BCUT2D eigenvalue weighted by atomic mass is 14.9. The molecule has 0 aliphatic heterocycles. The normalized spacial score (nSPS) is 26.8. The van der Waals surface area contributed by atoms with Crippen molar-refractivity contribution in [3.63, 3.8) is 0 Å². The molecule has 1 saturated carbocycles. The first-order valence-electron chi connectivity index (χ1n) is 7.82. The third-order valence-electron chi connectivity index (χ3n) is 4.64. The third-order valence-corrected chi connectivity index (χ3v) is 4.64. The van der Waals surface area contributed by atoms with Crippen LogP contribution in [0.5, 0.6) is 0 Å². The van der Waals surface area contributed by atoms with Crippen molar-refractivity contribution < 1.29 is 0 Å². The largest absolute Gasteiger partial charge is 0.314 e. The number of hydrogen-bond donors (Lipinski definition) is 1. The molecule has 0 heterocycles. The Balaban J connectivity index is 2.00. The van der Waals surface area contributed by atoms with Gasteiger partial charge in [0.05, 0.1) is 0 Å². The van der Waals surface area contributed by atoms with Crippen LogP contribution in [0.4, 0.5) is 0 Å². The number of hydrogen-bond acceptors (Lipinski definition) is 1. The van der Waals surface area contributed by atoms with Gasteiger partial charge in [-0.25, -0.2) is 0 Å². The van der Waals surface area contributed by atoms with Gasteiger partial charge in [0.2, 0.25) is 0 Å². The summed E-state index contributed by atoms with van der Waals surface area (Å²) in [6, 6.07) is 7.62. The molecule has 2 rings (SSSR count). The Hall–Kier alpha value is -0.820. The van der Waals surface area contributed by atoms with E-state index in [4.69, 9.17) is 0 Å². The molecule has 2 atom stereocenters. The van der Waals surface area contributed by atoms with E-state index >= 15 is 0 Å². The summed E-state index contributed by atoms with van der Waals surface area (Å²) in [6.45, 7) is 10.3. The quantitative estimate of drug-likeness (QED) is 0.826. The molecule has 106 valence electrons. The monoisotopic (exact) mass is 259 g/mol. The first kappa shape index (κ1) is 14.6. The maximum Gasteiger partial charge on any atom is 0.00725 e. The van der Waals surface area contributed by atoms with Gasteiger partial charge in [-0.05, 0) is 69.0 Å². The van der Waals surface area contributed by atoms with Crippen LogP contribution in [0.25, 0.3) is 0 Å². The zero-order valence-corrected chi connectivity index (χ0v) is 13.1. The van der Waals surface area contributed by atoms with E-state index in [2.05, 4.69) is 51.2 Å². The summed E-state index contributed by atoms with van der Waals surface area (Å²) in [5, 5.41) is 3.70. The molecule has 1 fully saturated rings. The highest BCUT2D eigenvalue weighted by Crippen LogP contribution is 2.41. The smallest absolute Gasteiger partial charge is 0.00725 e. The Bertz CT molecular complexity index is 424. The molecule has 1 nitrogen and oxygen atoms in total. The lowest BCUT2D eigenvalue weighted by atomic mass is 9.80. The second-order valence-electron chi connectivity index (χ2n) is 6.81. The lowest BCUT2D eigenvalue weighted by Gasteiger charge is -2.25. The van der Waals surface area contributed by atoms with E-state index in [0.29, 0.717) is 5.41 Å². The molecule has 1 heteroatoms. The van der Waals surface area contributed by atoms with Crippen molar-refractivity contribution in [1.82, 2.24) is 5.32 Å². The lowest BCUT2D eigenvalue weighted by molar-refractivity contribution is 0.321. The van der Waals surface area contributed by atoms with Gasteiger partial charge >= 0.3 is 0 Å². The summed E-state index contributed by atoms with van der Waals surface area (Å²) in [5.41, 5.74) is 4.89. The Labute approximate surface area is 118 Å². The number of rotatable bonds is 5. The van der Waals surface area contributed by atoms with Crippen LogP contribution in [0.15, 0.2) is 18.2 Å². The standard InChI is InChI=1S/C18H29N/c1-5-10-19-17-8-9-18(4,13-17)12-16-11-14(2)6-7-15(16)3/h6-7,11,17,19H,5,8-10,12-13H2,1-4H3. The van der Waals surface area contributed by atoms with Crippen molar-refractivity contribution in [1.29, 1.82) is 0 Å². The molecule has 1 aromatic rings. The van der Waals surface area contributed by atoms with Crippen LogP contribution in [0.3, 0.4) is 0 Å². The predicted molar refractivity (Wildman–Crippen MR) is 83.7 cm³/mol. The second-order valence-corrected chi connectivity index (χ2v) is 6.81.